The highest BCUT2D eigenvalue weighted by atomic mass is 32.1. The summed E-state index contributed by atoms with van der Waals surface area (Å²) in [4.78, 5) is 27.1. The summed E-state index contributed by atoms with van der Waals surface area (Å²) in [5.74, 6) is 1.34. The number of nitrogens with zero attached hydrogens (tertiary/aromatic N) is 5. The van der Waals surface area contributed by atoms with Gasteiger partial charge in [-0.05, 0) is 29.0 Å². The molecule has 0 saturated carbocycles. The van der Waals surface area contributed by atoms with Crippen molar-refractivity contribution in [2.75, 3.05) is 6.54 Å². The van der Waals surface area contributed by atoms with Crippen LogP contribution in [0.3, 0.4) is 0 Å². The predicted molar refractivity (Wildman–Crippen MR) is 107 cm³/mol. The van der Waals surface area contributed by atoms with E-state index >= 15 is 0 Å². The minimum Gasteiger partial charge on any atom is -0.338 e. The lowest BCUT2D eigenvalue weighted by atomic mass is 9.99. The van der Waals surface area contributed by atoms with Crippen molar-refractivity contribution in [2.45, 2.75) is 25.8 Å². The number of aromatic nitrogens is 4. The summed E-state index contributed by atoms with van der Waals surface area (Å²) in [5, 5.41) is 10.3. The Hall–Kier alpha value is -3.00. The second kappa shape index (κ2) is 6.56. The van der Waals surface area contributed by atoms with Gasteiger partial charge in [0.1, 0.15) is 10.5 Å². The fraction of sp³-hybridized carbons (Fsp3) is 0.300. The van der Waals surface area contributed by atoms with Gasteiger partial charge < -0.3 is 4.90 Å². The molecule has 0 aliphatic carbocycles. The van der Waals surface area contributed by atoms with Crippen LogP contribution in [0.15, 0.2) is 40.5 Å². The third-order valence-electron chi connectivity index (χ3n) is 5.44. The minimum atomic E-state index is -0.0699. The van der Waals surface area contributed by atoms with Gasteiger partial charge in [0.15, 0.2) is 0 Å². The van der Waals surface area contributed by atoms with Gasteiger partial charge >= 0.3 is 0 Å². The van der Waals surface area contributed by atoms with Crippen LogP contribution < -0.4 is 5.56 Å². The highest BCUT2D eigenvalue weighted by Crippen LogP contribution is 2.21. The fourth-order valence-corrected chi connectivity index (χ4v) is 4.75. The molecule has 0 spiro atoms. The first-order valence-corrected chi connectivity index (χ1v) is 10.2. The molecule has 28 heavy (non-hydrogen) atoms. The van der Waals surface area contributed by atoms with E-state index in [1.807, 2.05) is 32.9 Å². The van der Waals surface area contributed by atoms with Crippen molar-refractivity contribution in [1.29, 1.82) is 0 Å². The molecular formula is C20H19N5O2S. The maximum Gasteiger partial charge on any atom is 0.272 e. The topological polar surface area (TPSA) is 72.5 Å². The third kappa shape index (κ3) is 2.63. The van der Waals surface area contributed by atoms with Crippen molar-refractivity contribution in [3.8, 4) is 0 Å². The van der Waals surface area contributed by atoms with Gasteiger partial charge in [0, 0.05) is 33.0 Å². The van der Waals surface area contributed by atoms with Crippen LogP contribution in [0, 0.1) is 0 Å². The van der Waals surface area contributed by atoms with Crippen LogP contribution in [-0.4, -0.2) is 36.5 Å². The average molecular weight is 393 g/mol. The Morgan fingerprint density at radius 1 is 1.18 bits per heavy atom. The molecule has 7 nitrogen and oxygen atoms in total. The van der Waals surface area contributed by atoms with E-state index in [1.165, 1.54) is 27.0 Å². The molecule has 1 aliphatic heterocycles. The average Bonchev–Trinajstić information content (AvgIpc) is 3.36. The normalized spacial score (nSPS) is 14.0. The number of carbonyl (C=O) groups is 1. The molecule has 1 amide bonds. The Morgan fingerprint density at radius 2 is 2.00 bits per heavy atom. The second-order valence-corrected chi connectivity index (χ2v) is 8.00. The molecule has 3 aromatic heterocycles. The van der Waals surface area contributed by atoms with Crippen LogP contribution in [0.4, 0.5) is 0 Å². The number of aryl methyl sites for hydroxylation is 2. The second-order valence-electron chi connectivity index (χ2n) is 7.08. The first kappa shape index (κ1) is 17.1. The quantitative estimate of drug-likeness (QED) is 0.535. The molecule has 142 valence electrons. The highest BCUT2D eigenvalue weighted by Gasteiger charge is 2.21. The zero-order valence-corrected chi connectivity index (χ0v) is 16.3. The molecule has 5 rings (SSSR count). The molecule has 0 N–H and O–H groups in total. The highest BCUT2D eigenvalue weighted by molar-refractivity contribution is 7.17. The maximum absolute atomic E-state index is 12.8. The summed E-state index contributed by atoms with van der Waals surface area (Å²) in [6.45, 7) is 1.42. The van der Waals surface area contributed by atoms with Crippen LogP contribution in [0.25, 0.3) is 16.0 Å². The van der Waals surface area contributed by atoms with Crippen LogP contribution in [-0.2, 0) is 31.2 Å². The SMILES string of the molecule is Cn1c(=O)c2sccc2n2c(CCC(=O)N3CCc4ccccc4C3)nnc12. The molecular weight excluding hydrogens is 374 g/mol. The van der Waals surface area contributed by atoms with Gasteiger partial charge in [0.25, 0.3) is 5.56 Å². The number of thiophene rings is 1. The largest absolute Gasteiger partial charge is 0.338 e. The van der Waals surface area contributed by atoms with Gasteiger partial charge in [-0.3, -0.25) is 18.6 Å². The van der Waals surface area contributed by atoms with Crippen molar-refractivity contribution < 1.29 is 4.79 Å². The molecule has 0 radical (unpaired) electrons. The molecule has 1 aliphatic rings. The maximum atomic E-state index is 12.8. The monoisotopic (exact) mass is 393 g/mol. The van der Waals surface area contributed by atoms with Crippen molar-refractivity contribution in [1.82, 2.24) is 24.1 Å². The van der Waals surface area contributed by atoms with Gasteiger partial charge in [-0.15, -0.1) is 21.5 Å². The fourth-order valence-electron chi connectivity index (χ4n) is 3.90. The molecule has 0 fully saturated rings. The van der Waals surface area contributed by atoms with E-state index < -0.39 is 0 Å². The number of fused-ring (bicyclic) bond motifs is 4. The van der Waals surface area contributed by atoms with Crippen molar-refractivity contribution >= 4 is 33.2 Å². The van der Waals surface area contributed by atoms with E-state index in [2.05, 4.69) is 22.3 Å². The Morgan fingerprint density at radius 3 is 2.86 bits per heavy atom. The summed E-state index contributed by atoms with van der Waals surface area (Å²) in [7, 11) is 1.70. The molecule has 1 aromatic carbocycles. The summed E-state index contributed by atoms with van der Waals surface area (Å²) in [6, 6.07) is 10.2. The Balaban J connectivity index is 1.40. The van der Waals surface area contributed by atoms with Gasteiger partial charge in [-0.1, -0.05) is 24.3 Å². The summed E-state index contributed by atoms with van der Waals surface area (Å²) in [6.07, 6.45) is 1.76. The van der Waals surface area contributed by atoms with Crippen molar-refractivity contribution in [2.24, 2.45) is 7.05 Å². The Labute approximate surface area is 164 Å². The molecule has 4 heterocycles. The van der Waals surface area contributed by atoms with Crippen LogP contribution >= 0.6 is 11.3 Å². The van der Waals surface area contributed by atoms with E-state index in [0.29, 0.717) is 35.7 Å². The van der Waals surface area contributed by atoms with E-state index in [0.717, 1.165) is 18.5 Å². The Kier molecular flexibility index (Phi) is 4.01. The smallest absolute Gasteiger partial charge is 0.272 e. The predicted octanol–water partition coefficient (Wildman–Crippen LogP) is 2.16. The first-order chi connectivity index (χ1) is 13.6. The van der Waals surface area contributed by atoms with Crippen LogP contribution in [0.2, 0.25) is 0 Å². The van der Waals surface area contributed by atoms with E-state index in [-0.39, 0.29) is 11.5 Å². The van der Waals surface area contributed by atoms with E-state index in [1.54, 1.807) is 7.05 Å². The van der Waals surface area contributed by atoms with Crippen molar-refractivity contribution in [3.05, 3.63) is 63.0 Å². The number of carbonyl (C=O) groups excluding carboxylic acids is 1. The van der Waals surface area contributed by atoms with Gasteiger partial charge in [0.05, 0.1) is 5.52 Å². The molecule has 0 atom stereocenters. The van der Waals surface area contributed by atoms with Crippen LogP contribution in [0.1, 0.15) is 23.4 Å². The van der Waals surface area contributed by atoms with Gasteiger partial charge in [-0.2, -0.15) is 0 Å². The molecule has 0 bridgehead atoms. The Bertz CT molecular complexity index is 1270. The zero-order valence-electron chi connectivity index (χ0n) is 15.5. The lowest BCUT2D eigenvalue weighted by Gasteiger charge is -2.28. The number of amides is 1. The number of benzene rings is 1. The standard InChI is InChI=1S/C20H19N5O2S/c1-23-19(27)18-15(9-11-28-18)25-16(21-22-20(23)25)6-7-17(26)24-10-8-13-4-2-3-5-14(13)12-24/h2-5,9,11H,6-8,10,12H2,1H3. The molecule has 0 unspecified atom stereocenters. The molecule has 8 heteroatoms. The van der Waals surface area contributed by atoms with E-state index in [9.17, 15) is 9.59 Å². The lowest BCUT2D eigenvalue weighted by molar-refractivity contribution is -0.132. The minimum absolute atomic E-state index is 0.0699. The third-order valence-corrected chi connectivity index (χ3v) is 6.33. The lowest BCUT2D eigenvalue weighted by Crippen LogP contribution is -2.36. The van der Waals surface area contributed by atoms with Crippen LogP contribution in [0.5, 0.6) is 0 Å². The summed E-state index contributed by atoms with van der Waals surface area (Å²) in [5.41, 5.74) is 3.29. The van der Waals surface area contributed by atoms with Crippen molar-refractivity contribution in [3.63, 3.8) is 0 Å². The molecule has 0 saturated heterocycles. The molecule has 4 aromatic rings. The number of rotatable bonds is 3. The number of hydrogen-bond donors (Lipinski definition) is 0. The zero-order chi connectivity index (χ0) is 19.3. The summed E-state index contributed by atoms with van der Waals surface area (Å²) >= 11 is 1.41. The first-order valence-electron chi connectivity index (χ1n) is 9.28. The number of hydrogen-bond acceptors (Lipinski definition) is 5. The van der Waals surface area contributed by atoms with E-state index in [4.69, 9.17) is 0 Å². The summed E-state index contributed by atoms with van der Waals surface area (Å²) < 4.78 is 4.08. The van der Waals surface area contributed by atoms with Gasteiger partial charge in [-0.25, -0.2) is 0 Å². The van der Waals surface area contributed by atoms with Gasteiger partial charge in [0.2, 0.25) is 11.7 Å².